The SMILES string of the molecule is COC(=O)[C@@H]1C[C@H](OC/C=C/c2ccccc2)CN1C(=O)OC(C)(C)C. The molecule has 1 fully saturated rings. The molecule has 0 saturated carbocycles. The molecule has 2 atom stereocenters. The van der Waals surface area contributed by atoms with Crippen molar-refractivity contribution in [2.75, 3.05) is 20.3 Å². The highest BCUT2D eigenvalue weighted by molar-refractivity contribution is 5.82. The number of carbonyl (C=O) groups excluding carboxylic acids is 2. The molecule has 6 nitrogen and oxygen atoms in total. The summed E-state index contributed by atoms with van der Waals surface area (Å²) in [7, 11) is 1.31. The van der Waals surface area contributed by atoms with Crippen LogP contribution in [-0.2, 0) is 19.0 Å². The molecule has 1 saturated heterocycles. The van der Waals surface area contributed by atoms with Crippen molar-refractivity contribution in [2.24, 2.45) is 0 Å². The number of rotatable bonds is 5. The number of carbonyl (C=O) groups is 2. The van der Waals surface area contributed by atoms with Gasteiger partial charge in [0.1, 0.15) is 11.6 Å². The van der Waals surface area contributed by atoms with Gasteiger partial charge in [0, 0.05) is 6.42 Å². The number of hydrogen-bond acceptors (Lipinski definition) is 5. The maximum atomic E-state index is 12.4. The molecular formula is C20H27NO5. The van der Waals surface area contributed by atoms with Gasteiger partial charge in [0.25, 0.3) is 0 Å². The van der Waals surface area contributed by atoms with E-state index in [2.05, 4.69) is 0 Å². The lowest BCUT2D eigenvalue weighted by atomic mass is 10.2. The minimum atomic E-state index is -0.682. The molecule has 0 aliphatic carbocycles. The lowest BCUT2D eigenvalue weighted by molar-refractivity contribution is -0.145. The Kier molecular flexibility index (Phi) is 6.80. The first kappa shape index (κ1) is 20.0. The third-order valence-corrected chi connectivity index (χ3v) is 3.90. The zero-order valence-corrected chi connectivity index (χ0v) is 15.8. The Morgan fingerprint density at radius 3 is 2.54 bits per heavy atom. The van der Waals surface area contributed by atoms with Crippen LogP contribution >= 0.6 is 0 Å². The molecule has 1 amide bonds. The molecule has 1 aromatic rings. The Morgan fingerprint density at radius 2 is 1.92 bits per heavy atom. The standard InChI is InChI=1S/C20H27NO5/c1-20(2,3)26-19(23)21-14-16(13-17(21)18(22)24-4)25-12-8-11-15-9-6-5-7-10-15/h5-11,16-17H,12-14H2,1-4H3/b11-8+/t16-,17-/m0/s1. The van der Waals surface area contributed by atoms with Gasteiger partial charge in [-0.25, -0.2) is 9.59 Å². The molecule has 1 heterocycles. The summed E-state index contributed by atoms with van der Waals surface area (Å²) < 4.78 is 16.0. The van der Waals surface area contributed by atoms with Gasteiger partial charge in [-0.15, -0.1) is 0 Å². The second kappa shape index (κ2) is 8.85. The Balaban J connectivity index is 1.93. The van der Waals surface area contributed by atoms with Crippen LogP contribution in [0.1, 0.15) is 32.8 Å². The number of esters is 1. The zero-order valence-electron chi connectivity index (χ0n) is 15.8. The van der Waals surface area contributed by atoms with Crippen LogP contribution in [0.2, 0.25) is 0 Å². The van der Waals surface area contributed by atoms with E-state index in [0.29, 0.717) is 19.6 Å². The van der Waals surface area contributed by atoms with Crippen molar-refractivity contribution in [3.8, 4) is 0 Å². The Labute approximate surface area is 154 Å². The monoisotopic (exact) mass is 361 g/mol. The number of nitrogens with zero attached hydrogens (tertiary/aromatic N) is 1. The first-order chi connectivity index (χ1) is 12.3. The first-order valence-corrected chi connectivity index (χ1v) is 8.71. The number of ether oxygens (including phenoxy) is 3. The van der Waals surface area contributed by atoms with Crippen LogP contribution in [0.4, 0.5) is 4.79 Å². The second-order valence-corrected chi connectivity index (χ2v) is 7.18. The smallest absolute Gasteiger partial charge is 0.411 e. The lowest BCUT2D eigenvalue weighted by Crippen LogP contribution is -2.44. The molecule has 6 heteroatoms. The molecular weight excluding hydrogens is 334 g/mol. The minimum Gasteiger partial charge on any atom is -0.467 e. The summed E-state index contributed by atoms with van der Waals surface area (Å²) in [4.78, 5) is 25.8. The van der Waals surface area contributed by atoms with E-state index in [9.17, 15) is 9.59 Å². The molecule has 0 aromatic heterocycles. The van der Waals surface area contributed by atoms with E-state index in [4.69, 9.17) is 14.2 Å². The average molecular weight is 361 g/mol. The second-order valence-electron chi connectivity index (χ2n) is 7.18. The topological polar surface area (TPSA) is 65.1 Å². The quantitative estimate of drug-likeness (QED) is 0.753. The van der Waals surface area contributed by atoms with Crippen LogP contribution in [0.15, 0.2) is 36.4 Å². The van der Waals surface area contributed by atoms with Gasteiger partial charge in [-0.3, -0.25) is 4.90 Å². The van der Waals surface area contributed by atoms with Gasteiger partial charge >= 0.3 is 12.1 Å². The number of benzene rings is 1. The van der Waals surface area contributed by atoms with Crippen molar-refractivity contribution in [3.63, 3.8) is 0 Å². The van der Waals surface area contributed by atoms with Crippen LogP contribution in [0.5, 0.6) is 0 Å². The molecule has 0 radical (unpaired) electrons. The van der Waals surface area contributed by atoms with Crippen molar-refractivity contribution in [2.45, 2.75) is 44.9 Å². The first-order valence-electron chi connectivity index (χ1n) is 8.71. The maximum absolute atomic E-state index is 12.4. The fraction of sp³-hybridized carbons (Fsp3) is 0.500. The van der Waals surface area contributed by atoms with Gasteiger partial charge in [-0.2, -0.15) is 0 Å². The Hall–Kier alpha value is -2.34. The van der Waals surface area contributed by atoms with E-state index in [1.165, 1.54) is 12.0 Å². The summed E-state index contributed by atoms with van der Waals surface area (Å²) in [6.45, 7) is 6.06. The third kappa shape index (κ3) is 5.88. The van der Waals surface area contributed by atoms with E-state index in [0.717, 1.165) is 5.56 Å². The van der Waals surface area contributed by atoms with Gasteiger partial charge in [0.2, 0.25) is 0 Å². The summed E-state index contributed by atoms with van der Waals surface area (Å²) in [6, 6.07) is 9.23. The molecule has 0 N–H and O–H groups in total. The summed E-state index contributed by atoms with van der Waals surface area (Å²) in [6.07, 6.45) is 3.51. The Morgan fingerprint density at radius 1 is 1.23 bits per heavy atom. The van der Waals surface area contributed by atoms with E-state index in [-0.39, 0.29) is 6.10 Å². The zero-order chi connectivity index (χ0) is 19.2. The number of methoxy groups -OCH3 is 1. The van der Waals surface area contributed by atoms with Gasteiger partial charge in [0.15, 0.2) is 0 Å². The van der Waals surface area contributed by atoms with Gasteiger partial charge in [-0.1, -0.05) is 42.5 Å². The predicted octanol–water partition coefficient (Wildman–Crippen LogP) is 3.27. The van der Waals surface area contributed by atoms with E-state index < -0.39 is 23.7 Å². The number of hydrogen-bond donors (Lipinski definition) is 0. The van der Waals surface area contributed by atoms with Crippen molar-refractivity contribution in [3.05, 3.63) is 42.0 Å². The molecule has 1 aliphatic rings. The minimum absolute atomic E-state index is 0.243. The molecule has 1 aromatic carbocycles. The normalized spacial score (nSPS) is 20.4. The van der Waals surface area contributed by atoms with Gasteiger partial charge < -0.3 is 14.2 Å². The molecule has 0 bridgehead atoms. The van der Waals surface area contributed by atoms with Crippen molar-refractivity contribution >= 4 is 18.1 Å². The third-order valence-electron chi connectivity index (χ3n) is 3.90. The molecule has 0 unspecified atom stereocenters. The van der Waals surface area contributed by atoms with Crippen LogP contribution in [0.3, 0.4) is 0 Å². The summed E-state index contributed by atoms with van der Waals surface area (Å²) in [5.41, 5.74) is 0.458. The van der Waals surface area contributed by atoms with Gasteiger partial charge in [0.05, 0.1) is 26.4 Å². The van der Waals surface area contributed by atoms with Crippen molar-refractivity contribution in [1.29, 1.82) is 0 Å². The fourth-order valence-corrected chi connectivity index (χ4v) is 2.74. The summed E-state index contributed by atoms with van der Waals surface area (Å²) >= 11 is 0. The number of amides is 1. The van der Waals surface area contributed by atoms with Crippen molar-refractivity contribution < 1.29 is 23.8 Å². The molecule has 26 heavy (non-hydrogen) atoms. The van der Waals surface area contributed by atoms with Crippen LogP contribution < -0.4 is 0 Å². The molecule has 2 rings (SSSR count). The predicted molar refractivity (Wildman–Crippen MR) is 98.6 cm³/mol. The van der Waals surface area contributed by atoms with E-state index in [1.807, 2.05) is 42.5 Å². The highest BCUT2D eigenvalue weighted by Gasteiger charge is 2.42. The molecule has 1 aliphatic heterocycles. The fourth-order valence-electron chi connectivity index (χ4n) is 2.74. The van der Waals surface area contributed by atoms with Gasteiger partial charge in [-0.05, 0) is 26.3 Å². The Bertz CT molecular complexity index is 635. The average Bonchev–Trinajstić information content (AvgIpc) is 3.02. The van der Waals surface area contributed by atoms with Crippen LogP contribution in [-0.4, -0.2) is 55.0 Å². The van der Waals surface area contributed by atoms with E-state index >= 15 is 0 Å². The lowest BCUT2D eigenvalue weighted by Gasteiger charge is -2.27. The number of likely N-dealkylation sites (tertiary alicyclic amines) is 1. The largest absolute Gasteiger partial charge is 0.467 e. The summed E-state index contributed by atoms with van der Waals surface area (Å²) in [5, 5.41) is 0. The summed E-state index contributed by atoms with van der Waals surface area (Å²) in [5.74, 6) is -0.457. The maximum Gasteiger partial charge on any atom is 0.411 e. The highest BCUT2D eigenvalue weighted by Crippen LogP contribution is 2.24. The van der Waals surface area contributed by atoms with Crippen LogP contribution in [0, 0.1) is 0 Å². The van der Waals surface area contributed by atoms with Crippen molar-refractivity contribution in [1.82, 2.24) is 4.90 Å². The molecule has 0 spiro atoms. The van der Waals surface area contributed by atoms with E-state index in [1.54, 1.807) is 20.8 Å². The van der Waals surface area contributed by atoms with Crippen LogP contribution in [0.25, 0.3) is 6.08 Å². The molecule has 142 valence electrons. The highest BCUT2D eigenvalue weighted by atomic mass is 16.6.